The van der Waals surface area contributed by atoms with Gasteiger partial charge in [-0.05, 0) is 47.7 Å². The quantitative estimate of drug-likeness (QED) is 0.187. The van der Waals surface area contributed by atoms with Crippen molar-refractivity contribution in [3.8, 4) is 0 Å². The van der Waals surface area contributed by atoms with Crippen LogP contribution in [-0.4, -0.2) is 20.9 Å². The highest BCUT2D eigenvalue weighted by Crippen LogP contribution is 2.44. The molecular weight excluding hydrogens is 627 g/mol. The fourth-order valence-corrected chi connectivity index (χ4v) is 8.12. The molecule has 1 aliphatic heterocycles. The molecule has 6 nitrogen and oxygen atoms in total. The Morgan fingerprint density at radius 2 is 1.41 bits per heavy atom. The number of aliphatic imine (C=N–C) groups is 2. The summed E-state index contributed by atoms with van der Waals surface area (Å²) in [5.41, 5.74) is 8.11. The summed E-state index contributed by atoms with van der Waals surface area (Å²) in [4.78, 5) is 10.3. The number of furan rings is 1. The Balaban J connectivity index is 1.27. The average molecular weight is 657 g/mol. The molecule has 1 aliphatic carbocycles. The fraction of sp³-hybridized carbons (Fsp3) is 0.0667. The second-order valence-electron chi connectivity index (χ2n) is 13.3. The van der Waals surface area contributed by atoms with Crippen LogP contribution in [0, 0.1) is 0 Å². The molecule has 6 aromatic carbocycles. The van der Waals surface area contributed by atoms with E-state index in [2.05, 4.69) is 118 Å². The van der Waals surface area contributed by atoms with E-state index in [1.54, 1.807) is 0 Å². The lowest BCUT2D eigenvalue weighted by atomic mass is 10.1. The van der Waals surface area contributed by atoms with Gasteiger partial charge in [-0.25, -0.2) is 0 Å². The van der Waals surface area contributed by atoms with Gasteiger partial charge < -0.3 is 23.9 Å². The van der Waals surface area contributed by atoms with Crippen LogP contribution in [0.15, 0.2) is 172 Å². The van der Waals surface area contributed by atoms with Crippen molar-refractivity contribution >= 4 is 77.3 Å². The number of hydrogen-bond acceptors (Lipinski definition) is 3. The van der Waals surface area contributed by atoms with Crippen molar-refractivity contribution in [1.29, 1.82) is 0 Å². The van der Waals surface area contributed by atoms with Crippen molar-refractivity contribution in [2.24, 2.45) is 9.98 Å². The average Bonchev–Trinajstić information content (AvgIpc) is 3.85. The lowest BCUT2D eigenvalue weighted by Crippen LogP contribution is -2.20. The molecular formula is C45H30N5O-. The van der Waals surface area contributed by atoms with Gasteiger partial charge >= 0.3 is 0 Å². The number of allylic oxidation sites excluding steroid dienone is 4. The van der Waals surface area contributed by atoms with Crippen LogP contribution in [0.25, 0.3) is 70.9 Å². The second kappa shape index (κ2) is 10.9. The third kappa shape index (κ3) is 4.23. The Kier molecular flexibility index (Phi) is 6.04. The SMILES string of the molecule is C1=CCC(n2c3ccccc3c3cc4c5c6oc7ccccc7c6ccc5n(C5=NC(c6ccccc6)=NC(c6ccccc6)[N-]5)c4cc32)C=C1. The van der Waals surface area contributed by atoms with Gasteiger partial charge in [-0.3, -0.25) is 4.99 Å². The van der Waals surface area contributed by atoms with Crippen LogP contribution in [0.1, 0.15) is 29.8 Å². The topological polar surface area (TPSA) is 61.8 Å². The Bertz CT molecular complexity index is 2970. The van der Waals surface area contributed by atoms with Gasteiger partial charge in [-0.2, -0.15) is 0 Å². The molecule has 2 atom stereocenters. The Labute approximate surface area is 293 Å². The number of amidine groups is 1. The summed E-state index contributed by atoms with van der Waals surface area (Å²) in [6.45, 7) is 0. The molecule has 4 heterocycles. The van der Waals surface area contributed by atoms with Gasteiger partial charge in [0, 0.05) is 55.0 Å². The molecule has 9 aromatic rings. The number of fused-ring (bicyclic) bond motifs is 10. The van der Waals surface area contributed by atoms with E-state index in [0.717, 1.165) is 61.3 Å². The highest BCUT2D eigenvalue weighted by atomic mass is 16.3. The summed E-state index contributed by atoms with van der Waals surface area (Å²) in [5.74, 6) is 1.25. The minimum Gasteiger partial charge on any atom is -0.455 e. The van der Waals surface area contributed by atoms with Crippen LogP contribution >= 0.6 is 0 Å². The first-order chi connectivity index (χ1) is 25.3. The lowest BCUT2D eigenvalue weighted by Gasteiger charge is -2.31. The maximum Gasteiger partial charge on any atom is 0.144 e. The molecule has 0 saturated heterocycles. The minimum atomic E-state index is -0.453. The van der Waals surface area contributed by atoms with Crippen LogP contribution in [0.2, 0.25) is 0 Å². The van der Waals surface area contributed by atoms with Gasteiger partial charge in [-0.1, -0.05) is 127 Å². The monoisotopic (exact) mass is 656 g/mol. The largest absolute Gasteiger partial charge is 0.455 e. The predicted octanol–water partition coefficient (Wildman–Crippen LogP) is 11.6. The number of rotatable bonds is 3. The second-order valence-corrected chi connectivity index (χ2v) is 13.3. The molecule has 0 N–H and O–H groups in total. The molecule has 2 unspecified atom stereocenters. The zero-order valence-electron chi connectivity index (χ0n) is 27.5. The molecule has 3 aromatic heterocycles. The molecule has 0 amide bonds. The van der Waals surface area contributed by atoms with E-state index < -0.39 is 6.17 Å². The van der Waals surface area contributed by atoms with Crippen molar-refractivity contribution in [3.63, 3.8) is 0 Å². The minimum absolute atomic E-state index is 0.200. The highest BCUT2D eigenvalue weighted by molar-refractivity contribution is 6.29. The van der Waals surface area contributed by atoms with Crippen LogP contribution in [0.5, 0.6) is 0 Å². The number of para-hydroxylation sites is 2. The first kappa shape index (κ1) is 28.2. The van der Waals surface area contributed by atoms with Crippen LogP contribution in [0.4, 0.5) is 0 Å². The van der Waals surface area contributed by atoms with Crippen molar-refractivity contribution in [1.82, 2.24) is 9.13 Å². The lowest BCUT2D eigenvalue weighted by molar-refractivity contribution is 0.648. The third-order valence-corrected chi connectivity index (χ3v) is 10.4. The van der Waals surface area contributed by atoms with E-state index in [9.17, 15) is 0 Å². The van der Waals surface area contributed by atoms with E-state index in [-0.39, 0.29) is 6.04 Å². The van der Waals surface area contributed by atoms with E-state index in [4.69, 9.17) is 19.7 Å². The van der Waals surface area contributed by atoms with Crippen LogP contribution in [0.3, 0.4) is 0 Å². The highest BCUT2D eigenvalue weighted by Gasteiger charge is 2.23. The number of aromatic nitrogens is 2. The summed E-state index contributed by atoms with van der Waals surface area (Å²) in [6.07, 6.45) is 9.33. The summed E-state index contributed by atoms with van der Waals surface area (Å²) in [5, 5.41) is 12.1. The van der Waals surface area contributed by atoms with E-state index >= 15 is 0 Å². The normalized spacial score (nSPS) is 17.6. The van der Waals surface area contributed by atoms with Crippen molar-refractivity contribution in [3.05, 3.63) is 174 Å². The van der Waals surface area contributed by atoms with Gasteiger partial charge in [0.15, 0.2) is 0 Å². The van der Waals surface area contributed by atoms with E-state index in [0.29, 0.717) is 11.8 Å². The Morgan fingerprint density at radius 3 is 2.25 bits per heavy atom. The first-order valence-corrected chi connectivity index (χ1v) is 17.4. The number of benzene rings is 6. The van der Waals surface area contributed by atoms with E-state index in [1.807, 2.05) is 48.5 Å². The Morgan fingerprint density at radius 1 is 0.627 bits per heavy atom. The molecule has 0 fully saturated rings. The predicted molar refractivity (Wildman–Crippen MR) is 210 cm³/mol. The molecule has 0 saturated carbocycles. The smallest absolute Gasteiger partial charge is 0.144 e. The summed E-state index contributed by atoms with van der Waals surface area (Å²) < 4.78 is 11.4. The molecule has 0 radical (unpaired) electrons. The first-order valence-electron chi connectivity index (χ1n) is 17.4. The van der Waals surface area contributed by atoms with Crippen LogP contribution < -0.4 is 0 Å². The maximum atomic E-state index is 6.73. The molecule has 242 valence electrons. The van der Waals surface area contributed by atoms with Crippen molar-refractivity contribution in [2.45, 2.75) is 18.6 Å². The van der Waals surface area contributed by atoms with Gasteiger partial charge in [0.2, 0.25) is 0 Å². The Hall–Kier alpha value is -6.66. The molecule has 51 heavy (non-hydrogen) atoms. The molecule has 6 heteroatoms. The zero-order chi connectivity index (χ0) is 33.5. The van der Waals surface area contributed by atoms with Gasteiger partial charge in [0.05, 0.1) is 17.4 Å². The zero-order valence-corrected chi connectivity index (χ0v) is 27.5. The van der Waals surface area contributed by atoms with Gasteiger partial charge in [-0.15, -0.1) is 0 Å². The fourth-order valence-electron chi connectivity index (χ4n) is 8.12. The van der Waals surface area contributed by atoms with Crippen molar-refractivity contribution < 1.29 is 4.42 Å². The molecule has 0 bridgehead atoms. The van der Waals surface area contributed by atoms with E-state index in [1.165, 1.54) is 21.8 Å². The summed E-state index contributed by atoms with van der Waals surface area (Å²) >= 11 is 0. The molecule has 11 rings (SSSR count). The van der Waals surface area contributed by atoms with Crippen molar-refractivity contribution in [2.75, 3.05) is 0 Å². The van der Waals surface area contributed by atoms with Crippen LogP contribution in [-0.2, 0) is 0 Å². The summed E-state index contributed by atoms with van der Waals surface area (Å²) in [6, 6.07) is 46.8. The third-order valence-electron chi connectivity index (χ3n) is 10.4. The number of hydrogen-bond donors (Lipinski definition) is 0. The summed E-state index contributed by atoms with van der Waals surface area (Å²) in [7, 11) is 0. The maximum absolute atomic E-state index is 6.73. The molecule has 0 spiro atoms. The standard InChI is InChI=1S/C45H30N5O/c1-4-14-28(15-5-1)43-46-44(29-16-6-2-7-17-29)48-45(47-43)50-37-25-24-33-32-21-11-13-23-40(32)51-42(33)41(37)35-26-34-31-20-10-12-22-36(31)49(38(34)27-39(35)50)30-18-8-3-9-19-30/h1-18,20-27,30,43H,19H2/q-1. The van der Waals surface area contributed by atoms with Gasteiger partial charge in [0.25, 0.3) is 0 Å². The number of nitrogens with zero attached hydrogens (tertiary/aromatic N) is 5. The van der Waals surface area contributed by atoms with Gasteiger partial charge in [0.1, 0.15) is 17.3 Å². The molecule has 2 aliphatic rings.